The Morgan fingerprint density at radius 2 is 1.70 bits per heavy atom. The van der Waals surface area contributed by atoms with Crippen LogP contribution in [0.5, 0.6) is 0 Å². The standard InChI is InChI=1S/C4H5N.C3H7NO/c1-2-4-5-3-1;1-4(2)3-5/h1-5H;3H,1-2H3. The van der Waals surface area contributed by atoms with Crippen molar-refractivity contribution in [2.75, 3.05) is 14.1 Å². The summed E-state index contributed by atoms with van der Waals surface area (Å²) in [4.78, 5) is 13.7. The van der Waals surface area contributed by atoms with E-state index in [1.807, 2.05) is 24.5 Å². The Balaban J connectivity index is 0.000000162. The smallest absolute Gasteiger partial charge is 0.209 e. The number of H-pyrrole nitrogens is 1. The van der Waals surface area contributed by atoms with E-state index in [2.05, 4.69) is 4.98 Å². The number of aromatic nitrogens is 1. The van der Waals surface area contributed by atoms with Crippen molar-refractivity contribution in [3.63, 3.8) is 0 Å². The highest BCUT2D eigenvalue weighted by Gasteiger charge is 1.68. The van der Waals surface area contributed by atoms with Gasteiger partial charge < -0.3 is 9.88 Å². The Morgan fingerprint density at radius 3 is 1.80 bits per heavy atom. The minimum absolute atomic E-state index is 0.750. The lowest BCUT2D eigenvalue weighted by atomic mass is 10.7. The molecule has 56 valence electrons. The van der Waals surface area contributed by atoms with Gasteiger partial charge in [-0.25, -0.2) is 0 Å². The molecule has 0 aromatic carbocycles. The van der Waals surface area contributed by atoms with Crippen LogP contribution in [0, 0.1) is 0 Å². The van der Waals surface area contributed by atoms with Crippen molar-refractivity contribution in [1.82, 2.24) is 9.88 Å². The van der Waals surface area contributed by atoms with E-state index in [0.29, 0.717) is 0 Å². The first kappa shape index (κ1) is 8.75. The molecule has 0 aliphatic carbocycles. The molecule has 0 radical (unpaired) electrons. The van der Waals surface area contributed by atoms with Gasteiger partial charge in [0.05, 0.1) is 0 Å². The Bertz CT molecular complexity index is 129. The molecule has 1 rings (SSSR count). The summed E-state index contributed by atoms with van der Waals surface area (Å²) in [6.07, 6.45) is 4.50. The summed E-state index contributed by atoms with van der Waals surface area (Å²) in [7, 11) is 3.38. The van der Waals surface area contributed by atoms with Crippen molar-refractivity contribution in [1.29, 1.82) is 0 Å². The maximum absolute atomic E-state index is 9.43. The van der Waals surface area contributed by atoms with E-state index in [9.17, 15) is 4.79 Å². The van der Waals surface area contributed by atoms with E-state index >= 15 is 0 Å². The monoisotopic (exact) mass is 140 g/mol. The first-order valence-electron chi connectivity index (χ1n) is 2.97. The van der Waals surface area contributed by atoms with E-state index in [4.69, 9.17) is 0 Å². The highest BCUT2D eigenvalue weighted by Crippen LogP contribution is 1.72. The van der Waals surface area contributed by atoms with Gasteiger partial charge in [0.1, 0.15) is 0 Å². The summed E-state index contributed by atoms with van der Waals surface area (Å²) in [6.45, 7) is 0. The number of nitrogens with one attached hydrogen (secondary N) is 1. The third kappa shape index (κ3) is 6.75. The molecule has 0 saturated carbocycles. The predicted octanol–water partition coefficient (Wildman–Crippen LogP) is 0.719. The van der Waals surface area contributed by atoms with E-state index in [0.717, 1.165) is 6.41 Å². The first-order valence-corrected chi connectivity index (χ1v) is 2.97. The number of nitrogens with zero attached hydrogens (tertiary/aromatic N) is 1. The fourth-order valence-electron chi connectivity index (χ4n) is 0.278. The van der Waals surface area contributed by atoms with Crippen molar-refractivity contribution in [3.8, 4) is 0 Å². The van der Waals surface area contributed by atoms with E-state index in [-0.39, 0.29) is 0 Å². The number of aromatic amines is 1. The van der Waals surface area contributed by atoms with Crippen molar-refractivity contribution in [3.05, 3.63) is 24.5 Å². The normalized spacial score (nSPS) is 7.40. The molecule has 1 heterocycles. The molecule has 0 saturated heterocycles. The van der Waals surface area contributed by atoms with Gasteiger partial charge in [-0.05, 0) is 12.1 Å². The molecule has 3 nitrogen and oxygen atoms in total. The third-order valence-corrected chi connectivity index (χ3v) is 0.707. The van der Waals surface area contributed by atoms with E-state index in [1.165, 1.54) is 4.90 Å². The lowest BCUT2D eigenvalue weighted by Crippen LogP contribution is -2.06. The Hall–Kier alpha value is -1.25. The maximum Gasteiger partial charge on any atom is 0.209 e. The Morgan fingerprint density at radius 1 is 1.30 bits per heavy atom. The van der Waals surface area contributed by atoms with Gasteiger partial charge in [0.2, 0.25) is 6.41 Å². The van der Waals surface area contributed by atoms with Crippen molar-refractivity contribution in [2.45, 2.75) is 0 Å². The molecule has 3 heteroatoms. The Labute approximate surface area is 60.7 Å². The number of hydrogen-bond donors (Lipinski definition) is 1. The van der Waals surface area contributed by atoms with Gasteiger partial charge in [-0.1, -0.05) is 0 Å². The molecule has 0 spiro atoms. The molecule has 10 heavy (non-hydrogen) atoms. The predicted molar refractivity (Wildman–Crippen MR) is 40.5 cm³/mol. The van der Waals surface area contributed by atoms with Crippen molar-refractivity contribution >= 4 is 6.41 Å². The number of carbonyl (C=O) groups is 1. The number of carbonyl (C=O) groups excluding carboxylic acids is 1. The number of rotatable bonds is 1. The fourth-order valence-corrected chi connectivity index (χ4v) is 0.278. The van der Waals surface area contributed by atoms with Crippen LogP contribution in [-0.2, 0) is 4.79 Å². The SMILES string of the molecule is CN(C)C=O.c1cc[nH]c1. The van der Waals surface area contributed by atoms with Crippen molar-refractivity contribution in [2.24, 2.45) is 0 Å². The maximum atomic E-state index is 9.43. The lowest BCUT2D eigenvalue weighted by molar-refractivity contribution is -0.115. The molecule has 0 fully saturated rings. The van der Waals surface area contributed by atoms with Crippen LogP contribution < -0.4 is 0 Å². The fraction of sp³-hybridized carbons (Fsp3) is 0.286. The van der Waals surface area contributed by atoms with Crippen LogP contribution in [0.15, 0.2) is 24.5 Å². The van der Waals surface area contributed by atoms with Crippen LogP contribution in [0.1, 0.15) is 0 Å². The molecule has 1 aromatic heterocycles. The molecule has 0 aliphatic heterocycles. The molecule has 0 aliphatic rings. The summed E-state index contributed by atoms with van der Waals surface area (Å²) < 4.78 is 0. The van der Waals surface area contributed by atoms with Gasteiger partial charge in [0.25, 0.3) is 0 Å². The minimum atomic E-state index is 0.750. The molecular formula is C7H12N2O. The summed E-state index contributed by atoms with van der Waals surface area (Å²) in [5.74, 6) is 0. The van der Waals surface area contributed by atoms with Crippen LogP contribution >= 0.6 is 0 Å². The average molecular weight is 140 g/mol. The second-order valence-electron chi connectivity index (χ2n) is 1.95. The topological polar surface area (TPSA) is 36.1 Å². The minimum Gasteiger partial charge on any atom is -0.368 e. The highest BCUT2D eigenvalue weighted by molar-refractivity contribution is 5.45. The van der Waals surface area contributed by atoms with Gasteiger partial charge in [0.15, 0.2) is 0 Å². The average Bonchev–Trinajstić information content (AvgIpc) is 2.43. The van der Waals surface area contributed by atoms with Crippen LogP contribution in [0.4, 0.5) is 0 Å². The summed E-state index contributed by atoms with van der Waals surface area (Å²) in [5.41, 5.74) is 0. The lowest BCUT2D eigenvalue weighted by Gasteiger charge is -1.93. The van der Waals surface area contributed by atoms with Crippen LogP contribution in [0.2, 0.25) is 0 Å². The molecule has 1 aromatic rings. The van der Waals surface area contributed by atoms with Crippen molar-refractivity contribution < 1.29 is 4.79 Å². The van der Waals surface area contributed by atoms with E-state index < -0.39 is 0 Å². The summed E-state index contributed by atoms with van der Waals surface area (Å²) in [6, 6.07) is 3.89. The van der Waals surface area contributed by atoms with Crippen LogP contribution in [0.3, 0.4) is 0 Å². The van der Waals surface area contributed by atoms with Gasteiger partial charge in [0, 0.05) is 26.5 Å². The van der Waals surface area contributed by atoms with Gasteiger partial charge in [-0.3, -0.25) is 4.79 Å². The molecular weight excluding hydrogens is 128 g/mol. The summed E-state index contributed by atoms with van der Waals surface area (Å²) >= 11 is 0. The second-order valence-corrected chi connectivity index (χ2v) is 1.95. The summed E-state index contributed by atoms with van der Waals surface area (Å²) in [5, 5.41) is 0. The molecule has 0 unspecified atom stereocenters. The quantitative estimate of drug-likeness (QED) is 0.573. The van der Waals surface area contributed by atoms with Crippen LogP contribution in [0.25, 0.3) is 0 Å². The molecule has 1 amide bonds. The zero-order valence-electron chi connectivity index (χ0n) is 6.24. The van der Waals surface area contributed by atoms with Crippen LogP contribution in [-0.4, -0.2) is 30.4 Å². The highest BCUT2D eigenvalue weighted by atomic mass is 16.1. The van der Waals surface area contributed by atoms with Gasteiger partial charge in [-0.2, -0.15) is 0 Å². The zero-order valence-corrected chi connectivity index (χ0v) is 6.24. The third-order valence-electron chi connectivity index (χ3n) is 0.707. The molecule has 1 N–H and O–H groups in total. The molecule has 0 bridgehead atoms. The second kappa shape index (κ2) is 5.88. The zero-order chi connectivity index (χ0) is 7.82. The Kier molecular flexibility index (Phi) is 5.14. The molecule has 0 atom stereocenters. The number of hydrogen-bond acceptors (Lipinski definition) is 1. The number of amides is 1. The largest absolute Gasteiger partial charge is 0.368 e. The van der Waals surface area contributed by atoms with E-state index in [1.54, 1.807) is 14.1 Å². The van der Waals surface area contributed by atoms with Gasteiger partial charge in [-0.15, -0.1) is 0 Å². The first-order chi connectivity index (χ1) is 4.77. The van der Waals surface area contributed by atoms with Gasteiger partial charge >= 0.3 is 0 Å².